The third-order valence-electron chi connectivity index (χ3n) is 6.48. The molecule has 1 atom stereocenters. The summed E-state index contributed by atoms with van der Waals surface area (Å²) in [4.78, 5) is 18.8. The summed E-state index contributed by atoms with van der Waals surface area (Å²) in [5, 5.41) is 4.76. The van der Waals surface area contributed by atoms with Crippen LogP contribution in [0.1, 0.15) is 24.0 Å². The summed E-state index contributed by atoms with van der Waals surface area (Å²) in [5.41, 5.74) is 2.01. The molecule has 2 aliphatic heterocycles. The van der Waals surface area contributed by atoms with E-state index in [1.165, 1.54) is 18.8 Å². The van der Waals surface area contributed by atoms with Crippen molar-refractivity contribution in [2.45, 2.75) is 31.5 Å². The van der Waals surface area contributed by atoms with Crippen molar-refractivity contribution in [3.63, 3.8) is 0 Å². The first kappa shape index (κ1) is 27.7. The Hall–Kier alpha value is -2.30. The van der Waals surface area contributed by atoms with Crippen molar-refractivity contribution in [1.82, 2.24) is 10.4 Å². The maximum absolute atomic E-state index is 13.5. The topological polar surface area (TPSA) is 60.0 Å². The number of benzene rings is 2. The smallest absolute Gasteiger partial charge is 0.412 e. The Morgan fingerprint density at radius 3 is 2.32 bits per heavy atom. The molecule has 1 fully saturated rings. The SMILES string of the molecule is CON1CCC2(CC1)NC(=O)C(c1cc(-c3ccc(F)cc3)ccc1C)=C2OP(C)(=S)OCC(F)(F)F. The molecule has 2 heterocycles. The van der Waals surface area contributed by atoms with E-state index in [4.69, 9.17) is 25.7 Å². The lowest BCUT2D eigenvalue weighted by molar-refractivity contribution is -0.154. The maximum Gasteiger partial charge on any atom is 0.412 e. The summed E-state index contributed by atoms with van der Waals surface area (Å²) >= 11 is 5.36. The normalized spacial score (nSPS) is 19.7. The van der Waals surface area contributed by atoms with Gasteiger partial charge in [-0.25, -0.2) is 4.39 Å². The summed E-state index contributed by atoms with van der Waals surface area (Å²) in [6.45, 7) is -0.936. The lowest BCUT2D eigenvalue weighted by Crippen LogP contribution is -2.53. The second-order valence-corrected chi connectivity index (χ2v) is 13.1. The third kappa shape index (κ3) is 6.23. The molecule has 6 nitrogen and oxygen atoms in total. The van der Waals surface area contributed by atoms with Crippen LogP contribution in [0, 0.1) is 12.7 Å². The zero-order chi connectivity index (χ0) is 27.0. The van der Waals surface area contributed by atoms with E-state index < -0.39 is 30.7 Å². The molecule has 0 aliphatic carbocycles. The van der Waals surface area contributed by atoms with Gasteiger partial charge in [0.15, 0.2) is 6.61 Å². The summed E-state index contributed by atoms with van der Waals surface area (Å²) in [6, 6.07) is 11.4. The van der Waals surface area contributed by atoms with Crippen molar-refractivity contribution in [3.05, 3.63) is 65.2 Å². The number of rotatable bonds is 7. The number of hydroxylamine groups is 2. The van der Waals surface area contributed by atoms with Crippen LogP contribution in [0.3, 0.4) is 0 Å². The van der Waals surface area contributed by atoms with Gasteiger partial charge in [-0.3, -0.25) is 4.79 Å². The van der Waals surface area contributed by atoms with Crippen LogP contribution in [0.4, 0.5) is 17.6 Å². The first-order chi connectivity index (χ1) is 17.3. The fraction of sp³-hybridized carbons (Fsp3) is 0.400. The molecule has 0 bridgehead atoms. The Bertz CT molecular complexity index is 1260. The van der Waals surface area contributed by atoms with E-state index in [1.54, 1.807) is 30.4 Å². The zero-order valence-electron chi connectivity index (χ0n) is 20.5. The van der Waals surface area contributed by atoms with E-state index in [0.717, 1.165) is 16.7 Å². The highest BCUT2D eigenvalue weighted by Crippen LogP contribution is 2.54. The van der Waals surface area contributed by atoms with Gasteiger partial charge in [0.2, 0.25) is 6.49 Å². The van der Waals surface area contributed by atoms with E-state index in [2.05, 4.69) is 5.32 Å². The number of nitrogens with zero attached hydrogens (tertiary/aromatic N) is 1. The number of hydrogen-bond donors (Lipinski definition) is 1. The van der Waals surface area contributed by atoms with Crippen LogP contribution < -0.4 is 5.32 Å². The molecule has 2 aromatic carbocycles. The molecular weight excluding hydrogens is 531 g/mol. The zero-order valence-corrected chi connectivity index (χ0v) is 22.2. The van der Waals surface area contributed by atoms with Gasteiger partial charge in [0.05, 0.1) is 12.7 Å². The quantitative estimate of drug-likeness (QED) is 0.354. The molecule has 2 aromatic rings. The van der Waals surface area contributed by atoms with E-state index >= 15 is 0 Å². The van der Waals surface area contributed by atoms with E-state index in [1.807, 2.05) is 19.1 Å². The second-order valence-electron chi connectivity index (χ2n) is 9.14. The lowest BCUT2D eigenvalue weighted by atomic mass is 9.85. The molecule has 4 rings (SSSR count). The molecule has 200 valence electrons. The van der Waals surface area contributed by atoms with Crippen LogP contribution in [0.15, 0.2) is 48.2 Å². The van der Waals surface area contributed by atoms with Crippen molar-refractivity contribution in [3.8, 4) is 11.1 Å². The van der Waals surface area contributed by atoms with Gasteiger partial charge in [-0.15, -0.1) is 0 Å². The van der Waals surface area contributed by atoms with E-state index in [-0.39, 0.29) is 17.1 Å². The monoisotopic (exact) mass is 558 g/mol. The van der Waals surface area contributed by atoms with Crippen LogP contribution in [-0.4, -0.2) is 56.2 Å². The van der Waals surface area contributed by atoms with Crippen molar-refractivity contribution in [2.24, 2.45) is 0 Å². The minimum Gasteiger partial charge on any atom is -0.445 e. The predicted octanol–water partition coefficient (Wildman–Crippen LogP) is 5.57. The van der Waals surface area contributed by atoms with Crippen molar-refractivity contribution < 1.29 is 36.2 Å². The number of hydrogen-bond acceptors (Lipinski definition) is 6. The lowest BCUT2D eigenvalue weighted by Gasteiger charge is -2.40. The van der Waals surface area contributed by atoms with Gasteiger partial charge < -0.3 is 19.2 Å². The highest BCUT2D eigenvalue weighted by atomic mass is 32.5. The number of aryl methyl sites for hydroxylation is 1. The summed E-state index contributed by atoms with van der Waals surface area (Å²) in [5.74, 6) is -0.590. The molecule has 1 saturated heterocycles. The van der Waals surface area contributed by atoms with Crippen LogP contribution in [0.25, 0.3) is 16.7 Å². The Balaban J connectivity index is 1.81. The first-order valence-corrected chi connectivity index (χ1v) is 14.6. The average Bonchev–Trinajstić information content (AvgIpc) is 3.08. The highest BCUT2D eigenvalue weighted by molar-refractivity contribution is 8.09. The number of carbonyl (C=O) groups is 1. The van der Waals surface area contributed by atoms with Gasteiger partial charge in [0.1, 0.15) is 17.1 Å². The first-order valence-electron chi connectivity index (χ1n) is 11.5. The number of carbonyl (C=O) groups excluding carboxylic acids is 1. The van der Waals surface area contributed by atoms with Crippen molar-refractivity contribution >= 4 is 29.8 Å². The van der Waals surface area contributed by atoms with Gasteiger partial charge >= 0.3 is 6.18 Å². The third-order valence-corrected chi connectivity index (χ3v) is 8.13. The standard InChI is InChI=1S/C25H27F4N2O4PS/c1-16-4-5-18(17-6-8-19(26)9-7-17)14-20(16)21-22(35-36(3,37)34-15-25(27,28)29)24(30-23(21)32)10-12-31(33-2)13-11-24/h4-9,14H,10-13,15H2,1-3H3,(H,30,32). The van der Waals surface area contributed by atoms with E-state index in [9.17, 15) is 22.4 Å². The summed E-state index contributed by atoms with van der Waals surface area (Å²) < 4.78 is 63.2. The number of halogens is 4. The second kappa shape index (κ2) is 10.5. The Morgan fingerprint density at radius 2 is 1.73 bits per heavy atom. The Labute approximate surface area is 217 Å². The molecule has 37 heavy (non-hydrogen) atoms. The number of piperidine rings is 1. The van der Waals surface area contributed by atoms with E-state index in [0.29, 0.717) is 31.5 Å². The predicted molar refractivity (Wildman–Crippen MR) is 135 cm³/mol. The summed E-state index contributed by atoms with van der Waals surface area (Å²) in [6.07, 6.45) is -3.78. The summed E-state index contributed by atoms with van der Waals surface area (Å²) in [7, 11) is 1.55. The van der Waals surface area contributed by atoms with Crippen molar-refractivity contribution in [1.29, 1.82) is 0 Å². The molecule has 0 aromatic heterocycles. The van der Waals surface area contributed by atoms with Gasteiger partial charge in [0.25, 0.3) is 5.91 Å². The molecular formula is C25H27F4N2O4PS. The largest absolute Gasteiger partial charge is 0.445 e. The van der Waals surface area contributed by atoms with Gasteiger partial charge in [-0.1, -0.05) is 24.3 Å². The Morgan fingerprint density at radius 1 is 1.11 bits per heavy atom. The number of nitrogens with one attached hydrogen (secondary N) is 1. The van der Waals surface area contributed by atoms with Gasteiger partial charge in [-0.05, 0) is 72.0 Å². The van der Waals surface area contributed by atoms with Gasteiger partial charge in [-0.2, -0.15) is 18.2 Å². The molecule has 1 unspecified atom stereocenters. The molecule has 2 aliphatic rings. The minimum absolute atomic E-state index is 0.195. The fourth-order valence-corrected chi connectivity index (χ4v) is 5.97. The van der Waals surface area contributed by atoms with Crippen LogP contribution >= 0.6 is 6.49 Å². The van der Waals surface area contributed by atoms with Crippen LogP contribution in [0.5, 0.6) is 0 Å². The Kier molecular flexibility index (Phi) is 7.84. The minimum atomic E-state index is -4.58. The maximum atomic E-state index is 13.5. The highest BCUT2D eigenvalue weighted by Gasteiger charge is 2.50. The van der Waals surface area contributed by atoms with Crippen LogP contribution in [0.2, 0.25) is 0 Å². The fourth-order valence-electron chi connectivity index (χ4n) is 4.56. The molecule has 0 radical (unpaired) electrons. The molecule has 1 amide bonds. The molecule has 0 saturated carbocycles. The molecule has 12 heteroatoms. The van der Waals surface area contributed by atoms with Crippen LogP contribution in [-0.2, 0) is 30.5 Å². The number of alkyl halides is 3. The molecule has 1 N–H and O–H groups in total. The molecule has 1 spiro atoms. The number of amides is 1. The van der Waals surface area contributed by atoms with Gasteiger partial charge in [0, 0.05) is 19.8 Å². The van der Waals surface area contributed by atoms with Crippen molar-refractivity contribution in [2.75, 3.05) is 33.5 Å². The average molecular weight is 559 g/mol.